The van der Waals surface area contributed by atoms with E-state index in [4.69, 9.17) is 14.5 Å². The molecule has 0 aliphatic carbocycles. The zero-order valence-electron chi connectivity index (χ0n) is 18.2. The standard InChI is InChI=1S/C25H27N3O3S/c1-17-20(14-18-6-3-2-4-7-18)27-25(26-17)32-16-24(29)28-11-5-8-21(28)19-9-10-22-23(15-19)31-13-12-30-22/h2-4,6-7,9-10,15,21H,5,8,11-14,16H2,1H3,(H,26,27)/t21-/m0/s1. The lowest BCUT2D eigenvalue weighted by molar-refractivity contribution is -0.129. The van der Waals surface area contributed by atoms with Gasteiger partial charge >= 0.3 is 0 Å². The van der Waals surface area contributed by atoms with E-state index in [1.54, 1.807) is 0 Å². The van der Waals surface area contributed by atoms with Gasteiger partial charge in [-0.1, -0.05) is 48.2 Å². The van der Waals surface area contributed by atoms with Crippen molar-refractivity contribution in [1.82, 2.24) is 14.9 Å². The van der Waals surface area contributed by atoms with Gasteiger partial charge in [0.15, 0.2) is 16.7 Å². The monoisotopic (exact) mass is 449 g/mol. The molecule has 1 N–H and O–H groups in total. The van der Waals surface area contributed by atoms with E-state index in [1.165, 1.54) is 17.3 Å². The predicted molar refractivity (Wildman–Crippen MR) is 124 cm³/mol. The van der Waals surface area contributed by atoms with E-state index < -0.39 is 0 Å². The number of aryl methyl sites for hydroxylation is 1. The number of aromatic amines is 1. The Kier molecular flexibility index (Phi) is 6.08. The molecular weight excluding hydrogens is 422 g/mol. The molecule has 0 radical (unpaired) electrons. The average Bonchev–Trinajstić information content (AvgIpc) is 3.45. The van der Waals surface area contributed by atoms with Crippen molar-refractivity contribution in [1.29, 1.82) is 0 Å². The minimum Gasteiger partial charge on any atom is -0.486 e. The summed E-state index contributed by atoms with van der Waals surface area (Å²) >= 11 is 1.48. The molecule has 1 amide bonds. The quantitative estimate of drug-likeness (QED) is 0.560. The number of hydrogen-bond donors (Lipinski definition) is 1. The number of thioether (sulfide) groups is 1. The van der Waals surface area contributed by atoms with Gasteiger partial charge in [0.2, 0.25) is 5.91 Å². The van der Waals surface area contributed by atoms with Gasteiger partial charge in [0.1, 0.15) is 13.2 Å². The highest BCUT2D eigenvalue weighted by Crippen LogP contribution is 2.38. The lowest BCUT2D eigenvalue weighted by Gasteiger charge is -2.26. The van der Waals surface area contributed by atoms with Gasteiger partial charge in [-0.25, -0.2) is 4.98 Å². The molecule has 32 heavy (non-hydrogen) atoms. The topological polar surface area (TPSA) is 67.5 Å². The molecule has 2 aliphatic heterocycles. The van der Waals surface area contributed by atoms with Crippen LogP contribution in [0, 0.1) is 6.92 Å². The SMILES string of the molecule is Cc1[nH]c(SCC(=O)N2CCC[C@H]2c2ccc3c(c2)OCCO3)nc1Cc1ccccc1. The van der Waals surface area contributed by atoms with Gasteiger partial charge in [-0.3, -0.25) is 4.79 Å². The molecule has 3 aromatic rings. The molecule has 7 heteroatoms. The van der Waals surface area contributed by atoms with Crippen LogP contribution in [0.4, 0.5) is 0 Å². The number of fused-ring (bicyclic) bond motifs is 1. The Morgan fingerprint density at radius 3 is 2.81 bits per heavy atom. The Labute approximate surface area is 192 Å². The summed E-state index contributed by atoms with van der Waals surface area (Å²) in [6.07, 6.45) is 2.77. The number of carbonyl (C=O) groups is 1. The van der Waals surface area contributed by atoms with E-state index >= 15 is 0 Å². The van der Waals surface area contributed by atoms with E-state index in [0.717, 1.165) is 59.4 Å². The zero-order valence-corrected chi connectivity index (χ0v) is 19.0. The van der Waals surface area contributed by atoms with Gasteiger partial charge in [-0.15, -0.1) is 0 Å². The Hall–Kier alpha value is -2.93. The average molecular weight is 450 g/mol. The molecule has 6 nitrogen and oxygen atoms in total. The van der Waals surface area contributed by atoms with Crippen LogP contribution < -0.4 is 9.47 Å². The molecule has 1 saturated heterocycles. The molecule has 0 unspecified atom stereocenters. The van der Waals surface area contributed by atoms with Gasteiger partial charge in [-0.2, -0.15) is 0 Å². The van der Waals surface area contributed by atoms with E-state index in [1.807, 2.05) is 42.2 Å². The molecule has 0 saturated carbocycles. The fourth-order valence-corrected chi connectivity index (χ4v) is 5.21. The molecule has 2 aromatic carbocycles. The largest absolute Gasteiger partial charge is 0.486 e. The number of rotatable bonds is 6. The predicted octanol–water partition coefficient (Wildman–Crippen LogP) is 4.54. The smallest absolute Gasteiger partial charge is 0.233 e. The van der Waals surface area contributed by atoms with Crippen molar-refractivity contribution in [2.45, 2.75) is 37.4 Å². The van der Waals surface area contributed by atoms with Crippen LogP contribution in [0.25, 0.3) is 0 Å². The first-order valence-electron chi connectivity index (χ1n) is 11.1. The van der Waals surface area contributed by atoms with Gasteiger partial charge in [0, 0.05) is 18.7 Å². The number of likely N-dealkylation sites (tertiary alicyclic amines) is 1. The third kappa shape index (κ3) is 4.48. The molecule has 1 fully saturated rings. The maximum absolute atomic E-state index is 13.1. The molecule has 0 spiro atoms. The highest BCUT2D eigenvalue weighted by Gasteiger charge is 2.31. The molecule has 1 atom stereocenters. The Balaban J connectivity index is 1.23. The van der Waals surface area contributed by atoms with Crippen molar-refractivity contribution in [2.24, 2.45) is 0 Å². The second-order valence-electron chi connectivity index (χ2n) is 8.21. The number of carbonyl (C=O) groups excluding carboxylic acids is 1. The van der Waals surface area contributed by atoms with E-state index in [-0.39, 0.29) is 11.9 Å². The zero-order chi connectivity index (χ0) is 21.9. The van der Waals surface area contributed by atoms with E-state index in [0.29, 0.717) is 19.0 Å². The Bertz CT molecular complexity index is 1100. The lowest BCUT2D eigenvalue weighted by atomic mass is 10.0. The van der Waals surface area contributed by atoms with Crippen molar-refractivity contribution < 1.29 is 14.3 Å². The number of nitrogens with zero attached hydrogens (tertiary/aromatic N) is 2. The Morgan fingerprint density at radius 1 is 1.16 bits per heavy atom. The first kappa shape index (κ1) is 20.9. The van der Waals surface area contributed by atoms with Crippen molar-refractivity contribution >= 4 is 17.7 Å². The fraction of sp³-hybridized carbons (Fsp3) is 0.360. The number of benzene rings is 2. The number of imidazole rings is 1. The number of amides is 1. The lowest BCUT2D eigenvalue weighted by Crippen LogP contribution is -2.32. The van der Waals surface area contributed by atoms with Crippen LogP contribution >= 0.6 is 11.8 Å². The van der Waals surface area contributed by atoms with Crippen LogP contribution in [0.15, 0.2) is 53.7 Å². The second kappa shape index (κ2) is 9.28. The van der Waals surface area contributed by atoms with Crippen molar-refractivity contribution in [2.75, 3.05) is 25.5 Å². The molecule has 3 heterocycles. The van der Waals surface area contributed by atoms with Crippen molar-refractivity contribution in [3.05, 3.63) is 71.0 Å². The van der Waals surface area contributed by atoms with E-state index in [2.05, 4.69) is 23.2 Å². The first-order chi connectivity index (χ1) is 15.7. The molecular formula is C25H27N3O3S. The summed E-state index contributed by atoms with van der Waals surface area (Å²) in [5, 5.41) is 0.803. The molecule has 1 aromatic heterocycles. The minimum atomic E-state index is 0.0888. The Morgan fingerprint density at radius 2 is 1.97 bits per heavy atom. The maximum atomic E-state index is 13.1. The summed E-state index contributed by atoms with van der Waals surface area (Å²) < 4.78 is 11.4. The van der Waals surface area contributed by atoms with Crippen molar-refractivity contribution in [3.63, 3.8) is 0 Å². The molecule has 5 rings (SSSR count). The summed E-state index contributed by atoms with van der Waals surface area (Å²) in [4.78, 5) is 23.2. The maximum Gasteiger partial charge on any atom is 0.233 e. The van der Waals surface area contributed by atoms with Crippen LogP contribution in [0.3, 0.4) is 0 Å². The van der Waals surface area contributed by atoms with Gasteiger partial charge < -0.3 is 19.4 Å². The van der Waals surface area contributed by atoms with Crippen LogP contribution in [0.5, 0.6) is 11.5 Å². The summed E-state index contributed by atoms with van der Waals surface area (Å²) in [5.74, 6) is 2.08. The van der Waals surface area contributed by atoms with Crippen LogP contribution in [0.2, 0.25) is 0 Å². The molecule has 2 aliphatic rings. The minimum absolute atomic E-state index is 0.0888. The fourth-order valence-electron chi connectivity index (χ4n) is 4.39. The van der Waals surface area contributed by atoms with Crippen LogP contribution in [-0.4, -0.2) is 46.3 Å². The number of nitrogens with one attached hydrogen (secondary N) is 1. The number of H-pyrrole nitrogens is 1. The normalized spacial score (nSPS) is 17.5. The van der Waals surface area contributed by atoms with Gasteiger partial charge in [0.05, 0.1) is 17.5 Å². The summed E-state index contributed by atoms with van der Waals surface area (Å²) in [6.45, 7) is 3.97. The molecule has 0 bridgehead atoms. The summed E-state index contributed by atoms with van der Waals surface area (Å²) in [6, 6.07) is 16.5. The second-order valence-corrected chi connectivity index (χ2v) is 9.18. The summed E-state index contributed by atoms with van der Waals surface area (Å²) in [5.41, 5.74) is 4.43. The number of hydrogen-bond acceptors (Lipinski definition) is 5. The third-order valence-electron chi connectivity index (χ3n) is 6.03. The van der Waals surface area contributed by atoms with Crippen LogP contribution in [-0.2, 0) is 11.2 Å². The van der Waals surface area contributed by atoms with Crippen LogP contribution in [0.1, 0.15) is 41.4 Å². The number of aromatic nitrogens is 2. The van der Waals surface area contributed by atoms with Gasteiger partial charge in [-0.05, 0) is 43.0 Å². The molecule has 166 valence electrons. The van der Waals surface area contributed by atoms with Gasteiger partial charge in [0.25, 0.3) is 0 Å². The third-order valence-corrected chi connectivity index (χ3v) is 6.89. The first-order valence-corrected chi connectivity index (χ1v) is 12.1. The summed E-state index contributed by atoms with van der Waals surface area (Å²) in [7, 11) is 0. The van der Waals surface area contributed by atoms with Crippen molar-refractivity contribution in [3.8, 4) is 11.5 Å². The highest BCUT2D eigenvalue weighted by molar-refractivity contribution is 7.99. The number of ether oxygens (including phenoxy) is 2. The highest BCUT2D eigenvalue weighted by atomic mass is 32.2. The van der Waals surface area contributed by atoms with E-state index in [9.17, 15) is 4.79 Å².